The molecule has 1 aliphatic carbocycles. The minimum atomic E-state index is 0.681. The molecular formula is C18H23N3. The fourth-order valence-corrected chi connectivity index (χ4v) is 4.37. The molecule has 21 heavy (non-hydrogen) atoms. The van der Waals surface area contributed by atoms with Gasteiger partial charge in [-0.25, -0.2) is 0 Å². The second-order valence-electron chi connectivity index (χ2n) is 6.53. The van der Waals surface area contributed by atoms with Gasteiger partial charge >= 0.3 is 0 Å². The van der Waals surface area contributed by atoms with Crippen molar-refractivity contribution in [1.82, 2.24) is 4.98 Å². The highest BCUT2D eigenvalue weighted by Crippen LogP contribution is 2.41. The molecular weight excluding hydrogens is 258 g/mol. The fraction of sp³-hybridized carbons (Fsp3) is 0.500. The highest BCUT2D eigenvalue weighted by atomic mass is 15.2. The number of anilines is 2. The van der Waals surface area contributed by atoms with Crippen LogP contribution in [0.15, 0.2) is 30.5 Å². The van der Waals surface area contributed by atoms with Gasteiger partial charge in [-0.05, 0) is 37.7 Å². The van der Waals surface area contributed by atoms with Crippen LogP contribution in [0.1, 0.15) is 38.5 Å². The van der Waals surface area contributed by atoms with Crippen LogP contribution in [0, 0.1) is 5.92 Å². The Bertz CT molecular complexity index is 646. The first-order valence-corrected chi connectivity index (χ1v) is 8.24. The summed E-state index contributed by atoms with van der Waals surface area (Å²) >= 11 is 0. The van der Waals surface area contributed by atoms with E-state index < -0.39 is 0 Å². The number of benzene rings is 1. The van der Waals surface area contributed by atoms with Crippen molar-refractivity contribution in [2.24, 2.45) is 5.92 Å². The van der Waals surface area contributed by atoms with Gasteiger partial charge in [0.1, 0.15) is 0 Å². The van der Waals surface area contributed by atoms with Gasteiger partial charge in [0.05, 0.1) is 23.1 Å². The first kappa shape index (κ1) is 12.9. The van der Waals surface area contributed by atoms with Crippen molar-refractivity contribution in [3.63, 3.8) is 0 Å². The lowest BCUT2D eigenvalue weighted by Crippen LogP contribution is -2.35. The van der Waals surface area contributed by atoms with E-state index in [1.165, 1.54) is 49.6 Å². The lowest BCUT2D eigenvalue weighted by molar-refractivity contribution is 0.431. The molecule has 1 aromatic carbocycles. The minimum absolute atomic E-state index is 0.681. The largest absolute Gasteiger partial charge is 0.396 e. The summed E-state index contributed by atoms with van der Waals surface area (Å²) in [5, 5.41) is 1.21. The Labute approximate surface area is 126 Å². The summed E-state index contributed by atoms with van der Waals surface area (Å²) in [6.45, 7) is 1.14. The van der Waals surface area contributed by atoms with Gasteiger partial charge in [-0.15, -0.1) is 0 Å². The third-order valence-electron chi connectivity index (χ3n) is 5.31. The number of nitrogen functional groups attached to an aromatic ring is 1. The van der Waals surface area contributed by atoms with Gasteiger partial charge in [-0.3, -0.25) is 4.98 Å². The van der Waals surface area contributed by atoms with E-state index in [0.717, 1.165) is 23.7 Å². The summed E-state index contributed by atoms with van der Waals surface area (Å²) in [6, 6.07) is 9.07. The monoisotopic (exact) mass is 281 g/mol. The number of rotatable bonds is 2. The molecule has 0 amide bonds. The van der Waals surface area contributed by atoms with Crippen LogP contribution in [0.2, 0.25) is 0 Å². The van der Waals surface area contributed by atoms with E-state index in [9.17, 15) is 0 Å². The molecule has 2 aromatic rings. The number of hydrogen-bond donors (Lipinski definition) is 1. The molecule has 1 unspecified atom stereocenters. The topological polar surface area (TPSA) is 42.1 Å². The molecule has 0 spiro atoms. The summed E-state index contributed by atoms with van der Waals surface area (Å²) in [6.07, 6.45) is 10.0. The number of nitrogens with two attached hydrogens (primary N) is 1. The zero-order valence-corrected chi connectivity index (χ0v) is 12.5. The number of nitrogens with zero attached hydrogens (tertiary/aromatic N) is 2. The van der Waals surface area contributed by atoms with E-state index >= 15 is 0 Å². The van der Waals surface area contributed by atoms with Gasteiger partial charge in [0.15, 0.2) is 0 Å². The predicted molar refractivity (Wildman–Crippen MR) is 88.5 cm³/mol. The van der Waals surface area contributed by atoms with Crippen molar-refractivity contribution in [2.75, 3.05) is 17.2 Å². The normalized spacial score (nSPS) is 23.2. The zero-order valence-electron chi connectivity index (χ0n) is 12.5. The second kappa shape index (κ2) is 5.21. The number of para-hydroxylation sites is 1. The molecule has 2 aliphatic rings. The molecule has 2 N–H and O–H groups in total. The molecule has 1 aromatic heterocycles. The van der Waals surface area contributed by atoms with Gasteiger partial charge < -0.3 is 10.6 Å². The van der Waals surface area contributed by atoms with Crippen LogP contribution in [-0.4, -0.2) is 17.6 Å². The molecule has 1 aliphatic heterocycles. The summed E-state index contributed by atoms with van der Waals surface area (Å²) < 4.78 is 0. The Morgan fingerprint density at radius 1 is 1.05 bits per heavy atom. The molecule has 3 heteroatoms. The number of pyridine rings is 1. The Hall–Kier alpha value is -1.77. The maximum Gasteiger partial charge on any atom is 0.0745 e. The Kier molecular flexibility index (Phi) is 3.21. The Morgan fingerprint density at radius 3 is 2.71 bits per heavy atom. The molecule has 0 radical (unpaired) electrons. The van der Waals surface area contributed by atoms with Crippen LogP contribution < -0.4 is 10.6 Å². The number of hydrogen-bond acceptors (Lipinski definition) is 3. The van der Waals surface area contributed by atoms with Gasteiger partial charge in [-0.2, -0.15) is 0 Å². The highest BCUT2D eigenvalue weighted by Gasteiger charge is 2.34. The van der Waals surface area contributed by atoms with E-state index in [2.05, 4.69) is 28.1 Å². The highest BCUT2D eigenvalue weighted by molar-refractivity contribution is 5.97. The van der Waals surface area contributed by atoms with E-state index in [1.54, 1.807) is 0 Å². The van der Waals surface area contributed by atoms with Crippen LogP contribution in [-0.2, 0) is 0 Å². The van der Waals surface area contributed by atoms with E-state index in [0.29, 0.717) is 6.04 Å². The second-order valence-corrected chi connectivity index (χ2v) is 6.53. The SMILES string of the molecule is Nc1cnc2ccccc2c1N1CCCC1C1CCCC1. The molecule has 0 bridgehead atoms. The minimum Gasteiger partial charge on any atom is -0.396 e. The van der Waals surface area contributed by atoms with E-state index in [-0.39, 0.29) is 0 Å². The average Bonchev–Trinajstić information content (AvgIpc) is 3.17. The molecule has 3 nitrogen and oxygen atoms in total. The molecule has 1 atom stereocenters. The quantitative estimate of drug-likeness (QED) is 0.905. The lowest BCUT2D eigenvalue weighted by Gasteiger charge is -2.33. The van der Waals surface area contributed by atoms with Crippen LogP contribution in [0.3, 0.4) is 0 Å². The lowest BCUT2D eigenvalue weighted by atomic mass is 9.95. The summed E-state index contributed by atoms with van der Waals surface area (Å²) in [5.41, 5.74) is 9.44. The Morgan fingerprint density at radius 2 is 1.86 bits per heavy atom. The van der Waals surface area contributed by atoms with Gasteiger partial charge in [0, 0.05) is 18.0 Å². The van der Waals surface area contributed by atoms with Crippen LogP contribution in [0.25, 0.3) is 10.9 Å². The van der Waals surface area contributed by atoms with Crippen molar-refractivity contribution in [3.05, 3.63) is 30.5 Å². The molecule has 1 saturated carbocycles. The first-order chi connectivity index (χ1) is 10.3. The van der Waals surface area contributed by atoms with Crippen molar-refractivity contribution in [3.8, 4) is 0 Å². The molecule has 2 fully saturated rings. The molecule has 110 valence electrons. The van der Waals surface area contributed by atoms with E-state index in [1.807, 2.05) is 12.3 Å². The van der Waals surface area contributed by atoms with Crippen molar-refractivity contribution in [1.29, 1.82) is 0 Å². The summed E-state index contributed by atoms with van der Waals surface area (Å²) in [4.78, 5) is 7.08. The summed E-state index contributed by atoms with van der Waals surface area (Å²) in [7, 11) is 0. The van der Waals surface area contributed by atoms with Crippen molar-refractivity contribution < 1.29 is 0 Å². The first-order valence-electron chi connectivity index (χ1n) is 8.24. The standard InChI is InChI=1S/C18H23N3/c19-15-12-20-16-9-4-3-8-14(16)18(15)21-11-5-10-17(21)13-6-1-2-7-13/h3-4,8-9,12-13,17H,1-2,5-7,10-11,19H2. The maximum atomic E-state index is 6.32. The van der Waals surface area contributed by atoms with Crippen molar-refractivity contribution >= 4 is 22.3 Å². The van der Waals surface area contributed by atoms with Gasteiger partial charge in [-0.1, -0.05) is 31.0 Å². The fourth-order valence-electron chi connectivity index (χ4n) is 4.37. The molecule has 1 saturated heterocycles. The van der Waals surface area contributed by atoms with E-state index in [4.69, 9.17) is 5.73 Å². The van der Waals surface area contributed by atoms with Crippen LogP contribution in [0.5, 0.6) is 0 Å². The third kappa shape index (κ3) is 2.15. The van der Waals surface area contributed by atoms with Crippen LogP contribution in [0.4, 0.5) is 11.4 Å². The Balaban J connectivity index is 1.79. The number of aromatic nitrogens is 1. The zero-order chi connectivity index (χ0) is 14.2. The molecule has 4 rings (SSSR count). The smallest absolute Gasteiger partial charge is 0.0745 e. The third-order valence-corrected chi connectivity index (χ3v) is 5.31. The predicted octanol–water partition coefficient (Wildman–Crippen LogP) is 3.98. The van der Waals surface area contributed by atoms with Crippen LogP contribution >= 0.6 is 0 Å². The summed E-state index contributed by atoms with van der Waals surface area (Å²) in [5.74, 6) is 0.860. The van der Waals surface area contributed by atoms with Gasteiger partial charge in [0.25, 0.3) is 0 Å². The number of fused-ring (bicyclic) bond motifs is 1. The van der Waals surface area contributed by atoms with Gasteiger partial charge in [0.2, 0.25) is 0 Å². The molecule has 2 heterocycles. The average molecular weight is 281 g/mol. The van der Waals surface area contributed by atoms with Crippen molar-refractivity contribution in [2.45, 2.75) is 44.6 Å². The maximum absolute atomic E-state index is 6.32.